The summed E-state index contributed by atoms with van der Waals surface area (Å²) in [7, 11) is 0. The van der Waals surface area contributed by atoms with Gasteiger partial charge in [0.25, 0.3) is 0 Å². The van der Waals surface area contributed by atoms with E-state index in [-0.39, 0.29) is 0 Å². The van der Waals surface area contributed by atoms with Gasteiger partial charge in [-0.3, -0.25) is 0 Å². The summed E-state index contributed by atoms with van der Waals surface area (Å²) < 4.78 is 0. The van der Waals surface area contributed by atoms with Gasteiger partial charge < -0.3 is 10.0 Å². The van der Waals surface area contributed by atoms with Gasteiger partial charge in [-0.15, -0.1) is 0 Å². The SMILES string of the molecule is N#Cc1ccc(N2CCC(O)(c3ccccc3Cl)CC2)nc1. The van der Waals surface area contributed by atoms with Crippen LogP contribution in [-0.2, 0) is 5.60 Å². The fraction of sp³-hybridized carbons (Fsp3) is 0.294. The molecule has 0 bridgehead atoms. The Balaban J connectivity index is 1.74. The molecule has 1 aliphatic heterocycles. The summed E-state index contributed by atoms with van der Waals surface area (Å²) >= 11 is 6.22. The molecule has 3 rings (SSSR count). The molecule has 0 radical (unpaired) electrons. The third-order valence-electron chi connectivity index (χ3n) is 4.17. The molecule has 0 saturated carbocycles. The van der Waals surface area contributed by atoms with Crippen LogP contribution in [0.5, 0.6) is 0 Å². The lowest BCUT2D eigenvalue weighted by Gasteiger charge is -2.39. The molecule has 1 saturated heterocycles. The van der Waals surface area contributed by atoms with Gasteiger partial charge in [-0.25, -0.2) is 4.98 Å². The predicted octanol–water partition coefficient (Wildman–Crippen LogP) is 3.09. The maximum absolute atomic E-state index is 10.9. The van der Waals surface area contributed by atoms with Gasteiger partial charge in [0, 0.05) is 29.9 Å². The summed E-state index contributed by atoms with van der Waals surface area (Å²) in [5.41, 5.74) is 0.457. The summed E-state index contributed by atoms with van der Waals surface area (Å²) in [5.74, 6) is 0.834. The van der Waals surface area contributed by atoms with E-state index >= 15 is 0 Å². The molecule has 4 nitrogen and oxygen atoms in total. The highest BCUT2D eigenvalue weighted by Gasteiger charge is 2.35. The molecule has 0 atom stereocenters. The molecule has 1 N–H and O–H groups in total. The van der Waals surface area contributed by atoms with E-state index in [0.29, 0.717) is 36.5 Å². The van der Waals surface area contributed by atoms with E-state index in [1.807, 2.05) is 30.3 Å². The van der Waals surface area contributed by atoms with Gasteiger partial charge in [-0.2, -0.15) is 5.26 Å². The van der Waals surface area contributed by atoms with Crippen molar-refractivity contribution in [1.29, 1.82) is 5.26 Å². The highest BCUT2D eigenvalue weighted by molar-refractivity contribution is 6.31. The van der Waals surface area contributed by atoms with E-state index in [1.54, 1.807) is 12.3 Å². The smallest absolute Gasteiger partial charge is 0.128 e. The first-order chi connectivity index (χ1) is 10.6. The van der Waals surface area contributed by atoms with Crippen LogP contribution in [0.4, 0.5) is 5.82 Å². The van der Waals surface area contributed by atoms with Crippen LogP contribution in [0.3, 0.4) is 0 Å². The predicted molar refractivity (Wildman–Crippen MR) is 85.7 cm³/mol. The van der Waals surface area contributed by atoms with Crippen LogP contribution in [0, 0.1) is 11.3 Å². The van der Waals surface area contributed by atoms with E-state index in [9.17, 15) is 5.11 Å². The molecule has 1 aliphatic rings. The summed E-state index contributed by atoms with van der Waals surface area (Å²) in [4.78, 5) is 6.42. The zero-order valence-electron chi connectivity index (χ0n) is 12.0. The van der Waals surface area contributed by atoms with Gasteiger partial charge >= 0.3 is 0 Å². The second-order valence-electron chi connectivity index (χ2n) is 5.52. The third kappa shape index (κ3) is 2.78. The largest absolute Gasteiger partial charge is 0.385 e. The molecule has 1 aromatic carbocycles. The van der Waals surface area contributed by atoms with Crippen molar-refractivity contribution in [2.24, 2.45) is 0 Å². The van der Waals surface area contributed by atoms with Crippen LogP contribution in [-0.4, -0.2) is 23.2 Å². The fourth-order valence-corrected chi connectivity index (χ4v) is 3.16. The number of aliphatic hydroxyl groups is 1. The van der Waals surface area contributed by atoms with Crippen LogP contribution < -0.4 is 4.90 Å². The molecule has 2 aromatic rings. The van der Waals surface area contributed by atoms with Crippen LogP contribution in [0.1, 0.15) is 24.0 Å². The molecular weight excluding hydrogens is 298 g/mol. The van der Waals surface area contributed by atoms with E-state index in [2.05, 4.69) is 16.0 Å². The highest BCUT2D eigenvalue weighted by Crippen LogP contribution is 2.37. The van der Waals surface area contributed by atoms with Crippen LogP contribution >= 0.6 is 11.6 Å². The Hall–Kier alpha value is -2.09. The Bertz CT molecular complexity index is 701. The van der Waals surface area contributed by atoms with Crippen molar-refractivity contribution >= 4 is 17.4 Å². The molecule has 1 aromatic heterocycles. The normalized spacial score (nSPS) is 17.0. The summed E-state index contributed by atoms with van der Waals surface area (Å²) in [5, 5.41) is 20.3. The Labute approximate surface area is 134 Å². The molecule has 1 fully saturated rings. The number of nitrogens with zero attached hydrogens (tertiary/aromatic N) is 3. The lowest BCUT2D eigenvalue weighted by Crippen LogP contribution is -2.43. The standard InChI is InChI=1S/C17H16ClN3O/c18-15-4-2-1-3-14(15)17(22)7-9-21(10-8-17)16-6-5-13(11-19)12-20-16/h1-6,12,22H,7-10H2. The molecule has 0 unspecified atom stereocenters. The fourth-order valence-electron chi connectivity index (χ4n) is 2.85. The van der Waals surface area contributed by atoms with Crippen molar-refractivity contribution in [3.8, 4) is 6.07 Å². The Kier molecular flexibility index (Phi) is 4.02. The van der Waals surface area contributed by atoms with E-state index in [1.165, 1.54) is 0 Å². The summed E-state index contributed by atoms with van der Waals surface area (Å²) in [6, 6.07) is 13.1. The second kappa shape index (κ2) is 5.96. The third-order valence-corrected chi connectivity index (χ3v) is 4.50. The summed E-state index contributed by atoms with van der Waals surface area (Å²) in [6.07, 6.45) is 2.76. The maximum Gasteiger partial charge on any atom is 0.128 e. The zero-order valence-corrected chi connectivity index (χ0v) is 12.8. The first kappa shape index (κ1) is 14.8. The molecule has 2 heterocycles. The molecule has 22 heavy (non-hydrogen) atoms. The Morgan fingerprint density at radius 2 is 1.91 bits per heavy atom. The van der Waals surface area contributed by atoms with Gasteiger partial charge in [0.2, 0.25) is 0 Å². The first-order valence-corrected chi connectivity index (χ1v) is 7.59. The lowest BCUT2D eigenvalue weighted by molar-refractivity contribution is 0.0117. The number of hydrogen-bond acceptors (Lipinski definition) is 4. The Morgan fingerprint density at radius 3 is 2.50 bits per heavy atom. The van der Waals surface area contributed by atoms with Crippen molar-refractivity contribution in [2.75, 3.05) is 18.0 Å². The second-order valence-corrected chi connectivity index (χ2v) is 5.92. The number of piperidine rings is 1. The molecule has 0 amide bonds. The lowest BCUT2D eigenvalue weighted by atomic mass is 9.84. The monoisotopic (exact) mass is 313 g/mol. The number of pyridine rings is 1. The number of nitriles is 1. The summed E-state index contributed by atoms with van der Waals surface area (Å²) in [6.45, 7) is 1.39. The molecule has 5 heteroatoms. The van der Waals surface area contributed by atoms with Crippen molar-refractivity contribution in [3.05, 3.63) is 58.7 Å². The number of aromatic nitrogens is 1. The number of halogens is 1. The minimum Gasteiger partial charge on any atom is -0.385 e. The number of hydrogen-bond donors (Lipinski definition) is 1. The topological polar surface area (TPSA) is 60.2 Å². The quantitative estimate of drug-likeness (QED) is 0.925. The molecule has 112 valence electrons. The minimum absolute atomic E-state index is 0.549. The van der Waals surface area contributed by atoms with Gasteiger partial charge in [0.1, 0.15) is 11.9 Å². The van der Waals surface area contributed by atoms with Gasteiger partial charge in [-0.05, 0) is 31.0 Å². The first-order valence-electron chi connectivity index (χ1n) is 7.21. The van der Waals surface area contributed by atoms with E-state index in [0.717, 1.165) is 11.4 Å². The van der Waals surface area contributed by atoms with Crippen LogP contribution in [0.15, 0.2) is 42.6 Å². The average Bonchev–Trinajstić information content (AvgIpc) is 2.56. The highest BCUT2D eigenvalue weighted by atomic mass is 35.5. The van der Waals surface area contributed by atoms with Crippen molar-refractivity contribution in [2.45, 2.75) is 18.4 Å². The molecular formula is C17H16ClN3O. The molecule has 0 aliphatic carbocycles. The number of benzene rings is 1. The van der Waals surface area contributed by atoms with Gasteiger partial charge in [0.15, 0.2) is 0 Å². The van der Waals surface area contributed by atoms with E-state index < -0.39 is 5.60 Å². The number of rotatable bonds is 2. The van der Waals surface area contributed by atoms with Gasteiger partial charge in [-0.1, -0.05) is 29.8 Å². The number of anilines is 1. The van der Waals surface area contributed by atoms with Crippen molar-refractivity contribution < 1.29 is 5.11 Å². The minimum atomic E-state index is -0.887. The molecule has 0 spiro atoms. The van der Waals surface area contributed by atoms with Crippen molar-refractivity contribution in [1.82, 2.24) is 4.98 Å². The van der Waals surface area contributed by atoms with Crippen LogP contribution in [0.2, 0.25) is 5.02 Å². The Morgan fingerprint density at radius 1 is 1.18 bits per heavy atom. The van der Waals surface area contributed by atoms with Gasteiger partial charge in [0.05, 0.1) is 11.2 Å². The average molecular weight is 314 g/mol. The maximum atomic E-state index is 10.9. The van der Waals surface area contributed by atoms with E-state index in [4.69, 9.17) is 16.9 Å². The van der Waals surface area contributed by atoms with Crippen molar-refractivity contribution in [3.63, 3.8) is 0 Å². The zero-order chi connectivity index (χ0) is 15.6. The van der Waals surface area contributed by atoms with Crippen LogP contribution in [0.25, 0.3) is 0 Å².